The number of aromatic nitrogens is 1. The van der Waals surface area contributed by atoms with Crippen LogP contribution in [0.3, 0.4) is 0 Å². The number of nitrogens with one attached hydrogen (secondary N) is 1. The Kier molecular flexibility index (Phi) is 3.49. The number of fused-ring (bicyclic) bond motifs is 1. The summed E-state index contributed by atoms with van der Waals surface area (Å²) in [6.07, 6.45) is 5.30. The normalized spacial score (nSPS) is 24.3. The van der Waals surface area contributed by atoms with Crippen LogP contribution >= 0.6 is 0 Å². The van der Waals surface area contributed by atoms with Crippen LogP contribution in [-0.4, -0.2) is 28.8 Å². The van der Waals surface area contributed by atoms with Gasteiger partial charge < -0.3 is 10.4 Å². The molecule has 1 unspecified atom stereocenters. The monoisotopic (exact) mass is 256 g/mol. The Morgan fingerprint density at radius 3 is 3.00 bits per heavy atom. The zero-order chi connectivity index (χ0) is 13.1. The first-order chi connectivity index (χ1) is 9.27. The van der Waals surface area contributed by atoms with E-state index in [0.717, 1.165) is 49.7 Å². The smallest absolute Gasteiger partial charge is 0.0704 e. The lowest BCUT2D eigenvalue weighted by Crippen LogP contribution is -2.32. The van der Waals surface area contributed by atoms with E-state index in [2.05, 4.69) is 16.4 Å². The van der Waals surface area contributed by atoms with Crippen LogP contribution in [0.25, 0.3) is 10.9 Å². The lowest BCUT2D eigenvalue weighted by molar-refractivity contribution is 0.0287. The highest BCUT2D eigenvalue weighted by molar-refractivity contribution is 5.81. The molecule has 0 saturated carbocycles. The molecular weight excluding hydrogens is 236 g/mol. The van der Waals surface area contributed by atoms with Gasteiger partial charge in [0, 0.05) is 18.0 Å². The fourth-order valence-corrected chi connectivity index (χ4v) is 2.95. The van der Waals surface area contributed by atoms with Crippen LogP contribution < -0.4 is 5.32 Å². The van der Waals surface area contributed by atoms with Gasteiger partial charge in [0.25, 0.3) is 0 Å². The predicted octanol–water partition coefficient (Wildman–Crippen LogP) is 2.28. The van der Waals surface area contributed by atoms with Gasteiger partial charge in [-0.15, -0.1) is 0 Å². The highest BCUT2D eigenvalue weighted by Crippen LogP contribution is 2.27. The molecule has 0 aliphatic carbocycles. The van der Waals surface area contributed by atoms with E-state index in [0.29, 0.717) is 0 Å². The van der Waals surface area contributed by atoms with Crippen molar-refractivity contribution in [3.05, 3.63) is 42.1 Å². The second kappa shape index (κ2) is 5.27. The fraction of sp³-hybridized carbons (Fsp3) is 0.438. The molecule has 1 aromatic carbocycles. The Labute approximate surface area is 113 Å². The standard InChI is InChI=1S/C16H20N2O/c19-16(7-3-9-17-11-8-16)12-13-6-10-18-15-5-2-1-4-14(13)15/h1-2,4-6,10,17,19H,3,7-9,11-12H2. The molecule has 0 bridgehead atoms. The van der Waals surface area contributed by atoms with Gasteiger partial charge >= 0.3 is 0 Å². The van der Waals surface area contributed by atoms with Crippen molar-refractivity contribution in [3.8, 4) is 0 Å². The quantitative estimate of drug-likeness (QED) is 0.866. The van der Waals surface area contributed by atoms with Gasteiger partial charge in [-0.25, -0.2) is 0 Å². The highest BCUT2D eigenvalue weighted by atomic mass is 16.3. The number of hydrogen-bond donors (Lipinski definition) is 2. The van der Waals surface area contributed by atoms with Crippen molar-refractivity contribution in [1.82, 2.24) is 10.3 Å². The molecule has 1 atom stereocenters. The van der Waals surface area contributed by atoms with E-state index in [1.165, 1.54) is 5.56 Å². The average molecular weight is 256 g/mol. The lowest BCUT2D eigenvalue weighted by Gasteiger charge is -2.26. The highest BCUT2D eigenvalue weighted by Gasteiger charge is 2.28. The zero-order valence-corrected chi connectivity index (χ0v) is 11.1. The molecule has 3 rings (SSSR count). The Balaban J connectivity index is 1.92. The molecular formula is C16H20N2O. The molecule has 1 aromatic heterocycles. The SMILES string of the molecule is OC1(Cc2ccnc3ccccc23)CCCNCC1. The molecule has 3 heteroatoms. The maximum atomic E-state index is 10.8. The summed E-state index contributed by atoms with van der Waals surface area (Å²) in [6.45, 7) is 1.92. The van der Waals surface area contributed by atoms with Gasteiger partial charge in [0.2, 0.25) is 0 Å². The predicted molar refractivity (Wildman–Crippen MR) is 77.1 cm³/mol. The molecule has 0 radical (unpaired) electrons. The third-order valence-corrected chi connectivity index (χ3v) is 4.02. The van der Waals surface area contributed by atoms with Crippen molar-refractivity contribution in [2.24, 2.45) is 0 Å². The number of benzene rings is 1. The molecule has 100 valence electrons. The third kappa shape index (κ3) is 2.77. The summed E-state index contributed by atoms with van der Waals surface area (Å²) in [6, 6.07) is 10.2. The van der Waals surface area contributed by atoms with Crippen molar-refractivity contribution in [1.29, 1.82) is 0 Å². The van der Waals surface area contributed by atoms with E-state index in [1.807, 2.05) is 30.5 Å². The summed E-state index contributed by atoms with van der Waals surface area (Å²) in [5, 5.41) is 15.3. The number of para-hydroxylation sites is 1. The summed E-state index contributed by atoms with van der Waals surface area (Å²) < 4.78 is 0. The third-order valence-electron chi connectivity index (χ3n) is 4.02. The molecule has 0 spiro atoms. The Morgan fingerprint density at radius 2 is 2.05 bits per heavy atom. The topological polar surface area (TPSA) is 45.2 Å². The van der Waals surface area contributed by atoms with Gasteiger partial charge in [0.05, 0.1) is 11.1 Å². The number of hydrogen-bond acceptors (Lipinski definition) is 3. The van der Waals surface area contributed by atoms with Crippen LogP contribution in [0.2, 0.25) is 0 Å². The van der Waals surface area contributed by atoms with Crippen molar-refractivity contribution in [3.63, 3.8) is 0 Å². The fourth-order valence-electron chi connectivity index (χ4n) is 2.95. The molecule has 19 heavy (non-hydrogen) atoms. The molecule has 2 heterocycles. The summed E-state index contributed by atoms with van der Waals surface area (Å²) in [4.78, 5) is 4.38. The molecule has 1 aliphatic rings. The van der Waals surface area contributed by atoms with E-state index in [4.69, 9.17) is 0 Å². The molecule has 3 nitrogen and oxygen atoms in total. The molecule has 2 N–H and O–H groups in total. The van der Waals surface area contributed by atoms with E-state index < -0.39 is 5.60 Å². The summed E-state index contributed by atoms with van der Waals surface area (Å²) >= 11 is 0. The first-order valence-corrected chi connectivity index (χ1v) is 7.03. The number of pyridine rings is 1. The van der Waals surface area contributed by atoms with Crippen molar-refractivity contribution < 1.29 is 5.11 Å². The number of nitrogens with zero attached hydrogens (tertiary/aromatic N) is 1. The minimum absolute atomic E-state index is 0.576. The van der Waals surface area contributed by atoms with E-state index >= 15 is 0 Å². The second-order valence-electron chi connectivity index (χ2n) is 5.49. The van der Waals surface area contributed by atoms with E-state index in [-0.39, 0.29) is 0 Å². The maximum Gasteiger partial charge on any atom is 0.0704 e. The van der Waals surface area contributed by atoms with Crippen molar-refractivity contribution >= 4 is 10.9 Å². The molecule has 0 amide bonds. The van der Waals surface area contributed by atoms with Crippen LogP contribution in [0.1, 0.15) is 24.8 Å². The van der Waals surface area contributed by atoms with Crippen LogP contribution in [0.15, 0.2) is 36.5 Å². The van der Waals surface area contributed by atoms with Crippen LogP contribution in [0.4, 0.5) is 0 Å². The van der Waals surface area contributed by atoms with Crippen LogP contribution in [0, 0.1) is 0 Å². The molecule has 1 aliphatic heterocycles. The van der Waals surface area contributed by atoms with Gasteiger partial charge in [0.1, 0.15) is 0 Å². The molecule has 1 saturated heterocycles. The number of rotatable bonds is 2. The summed E-state index contributed by atoms with van der Waals surface area (Å²) in [5.74, 6) is 0. The second-order valence-corrected chi connectivity index (χ2v) is 5.49. The first kappa shape index (κ1) is 12.6. The van der Waals surface area contributed by atoms with Gasteiger partial charge in [-0.3, -0.25) is 4.98 Å². The first-order valence-electron chi connectivity index (χ1n) is 7.03. The minimum Gasteiger partial charge on any atom is -0.389 e. The number of aliphatic hydroxyl groups is 1. The van der Waals surface area contributed by atoms with E-state index in [9.17, 15) is 5.11 Å². The van der Waals surface area contributed by atoms with Crippen molar-refractivity contribution in [2.45, 2.75) is 31.3 Å². The largest absolute Gasteiger partial charge is 0.389 e. The zero-order valence-electron chi connectivity index (χ0n) is 11.1. The lowest BCUT2D eigenvalue weighted by atomic mass is 9.87. The molecule has 2 aromatic rings. The Bertz CT molecular complexity index is 554. The van der Waals surface area contributed by atoms with Crippen LogP contribution in [-0.2, 0) is 6.42 Å². The Morgan fingerprint density at radius 1 is 1.16 bits per heavy atom. The van der Waals surface area contributed by atoms with Crippen molar-refractivity contribution in [2.75, 3.05) is 13.1 Å². The Hall–Kier alpha value is -1.45. The van der Waals surface area contributed by atoms with Gasteiger partial charge in [-0.1, -0.05) is 18.2 Å². The summed E-state index contributed by atoms with van der Waals surface area (Å²) in [5.41, 5.74) is 1.64. The average Bonchev–Trinajstić information content (AvgIpc) is 2.64. The minimum atomic E-state index is -0.576. The summed E-state index contributed by atoms with van der Waals surface area (Å²) in [7, 11) is 0. The van der Waals surface area contributed by atoms with Gasteiger partial charge in [0.15, 0.2) is 0 Å². The molecule has 1 fully saturated rings. The van der Waals surface area contributed by atoms with E-state index in [1.54, 1.807) is 0 Å². The van der Waals surface area contributed by atoms with Crippen LogP contribution in [0.5, 0.6) is 0 Å². The maximum absolute atomic E-state index is 10.8. The van der Waals surface area contributed by atoms with Gasteiger partial charge in [-0.05, 0) is 50.0 Å². The van der Waals surface area contributed by atoms with Gasteiger partial charge in [-0.2, -0.15) is 0 Å².